The van der Waals surface area contributed by atoms with Gasteiger partial charge in [-0.25, -0.2) is 4.79 Å². The molecule has 1 heterocycles. The van der Waals surface area contributed by atoms with E-state index in [1.807, 2.05) is 0 Å². The van der Waals surface area contributed by atoms with E-state index in [1.165, 1.54) is 6.92 Å². The van der Waals surface area contributed by atoms with E-state index < -0.39 is 35.8 Å². The quantitative estimate of drug-likeness (QED) is 0.601. The maximum atomic E-state index is 12.8. The normalized spacial score (nSPS) is 17.5. The van der Waals surface area contributed by atoms with E-state index in [2.05, 4.69) is 5.32 Å². The molecule has 0 unspecified atom stereocenters. The molecule has 29 heavy (non-hydrogen) atoms. The second-order valence-electron chi connectivity index (χ2n) is 7.21. The Bertz CT molecular complexity index is 949. The lowest BCUT2D eigenvalue weighted by Crippen LogP contribution is -2.45. The summed E-state index contributed by atoms with van der Waals surface area (Å²) < 4.78 is 5.50. The van der Waals surface area contributed by atoms with Crippen LogP contribution in [0.1, 0.15) is 52.1 Å². The van der Waals surface area contributed by atoms with Crippen LogP contribution < -0.4 is 5.32 Å². The summed E-state index contributed by atoms with van der Waals surface area (Å²) >= 11 is 0. The maximum Gasteiger partial charge on any atom is 0.330 e. The van der Waals surface area contributed by atoms with Gasteiger partial charge in [-0.1, -0.05) is 42.5 Å². The molecule has 2 aromatic rings. The molecule has 0 saturated heterocycles. The first-order chi connectivity index (χ1) is 14.0. The van der Waals surface area contributed by atoms with Gasteiger partial charge in [-0.2, -0.15) is 0 Å². The van der Waals surface area contributed by atoms with Gasteiger partial charge in [0.1, 0.15) is 6.04 Å². The average Bonchev–Trinajstić information content (AvgIpc) is 3.51. The number of esters is 1. The molecule has 0 bridgehead atoms. The Morgan fingerprint density at radius 1 is 0.966 bits per heavy atom. The van der Waals surface area contributed by atoms with Crippen molar-refractivity contribution in [1.82, 2.24) is 10.2 Å². The summed E-state index contributed by atoms with van der Waals surface area (Å²) in [5, 5.41) is 2.83. The molecule has 148 valence electrons. The zero-order valence-electron chi connectivity index (χ0n) is 15.8. The van der Waals surface area contributed by atoms with Crippen molar-refractivity contribution in [3.8, 4) is 0 Å². The van der Waals surface area contributed by atoms with E-state index in [1.54, 1.807) is 54.6 Å². The first kappa shape index (κ1) is 18.9. The Hall–Kier alpha value is -3.48. The second kappa shape index (κ2) is 7.50. The standard InChI is InChI=1S/C22H20N2O5/c1-13(24-20(26)16-9-5-6-10-17(16)21(24)27)22(28)29-18(14-7-3-2-4-8-14)19(25)23-15-11-12-15/h2-10,13,15,18H,11-12H2,1H3,(H,23,25)/t13-,18+/m0/s1. The van der Waals surface area contributed by atoms with Gasteiger partial charge >= 0.3 is 5.97 Å². The summed E-state index contributed by atoms with van der Waals surface area (Å²) in [7, 11) is 0. The molecule has 0 radical (unpaired) electrons. The van der Waals surface area contributed by atoms with Crippen LogP contribution in [0.25, 0.3) is 0 Å². The van der Waals surface area contributed by atoms with Crippen molar-refractivity contribution in [2.24, 2.45) is 0 Å². The highest BCUT2D eigenvalue weighted by molar-refractivity contribution is 6.22. The molecule has 4 rings (SSSR count). The number of nitrogens with one attached hydrogen (secondary N) is 1. The highest BCUT2D eigenvalue weighted by Crippen LogP contribution is 2.27. The van der Waals surface area contributed by atoms with E-state index >= 15 is 0 Å². The van der Waals surface area contributed by atoms with Crippen molar-refractivity contribution in [2.75, 3.05) is 0 Å². The van der Waals surface area contributed by atoms with Crippen LogP contribution in [0.5, 0.6) is 0 Å². The molecule has 1 aliphatic carbocycles. The summed E-state index contributed by atoms with van der Waals surface area (Å²) in [6, 6.07) is 14.0. The van der Waals surface area contributed by atoms with Crippen LogP contribution in [0.3, 0.4) is 0 Å². The summed E-state index contributed by atoms with van der Waals surface area (Å²) in [6.45, 7) is 1.42. The van der Waals surface area contributed by atoms with Gasteiger partial charge in [0.25, 0.3) is 17.7 Å². The van der Waals surface area contributed by atoms with Crippen LogP contribution in [-0.4, -0.2) is 40.7 Å². The van der Waals surface area contributed by atoms with Crippen LogP contribution in [0.2, 0.25) is 0 Å². The Labute approximate surface area is 167 Å². The van der Waals surface area contributed by atoms with Gasteiger partial charge in [0.05, 0.1) is 11.1 Å². The molecule has 1 aliphatic heterocycles. The van der Waals surface area contributed by atoms with Crippen molar-refractivity contribution in [2.45, 2.75) is 38.0 Å². The Balaban J connectivity index is 1.54. The number of hydrogen-bond acceptors (Lipinski definition) is 5. The molecular formula is C22H20N2O5. The predicted octanol–water partition coefficient (Wildman–Crippen LogP) is 2.23. The summed E-state index contributed by atoms with van der Waals surface area (Å²) in [6.07, 6.45) is 0.640. The smallest absolute Gasteiger partial charge is 0.330 e. The number of carbonyl (C=O) groups is 4. The van der Waals surface area contributed by atoms with E-state index in [0.29, 0.717) is 5.56 Å². The molecule has 3 amide bonds. The van der Waals surface area contributed by atoms with Gasteiger partial charge < -0.3 is 10.1 Å². The van der Waals surface area contributed by atoms with Gasteiger partial charge in [-0.15, -0.1) is 0 Å². The van der Waals surface area contributed by atoms with Crippen molar-refractivity contribution in [1.29, 1.82) is 0 Å². The van der Waals surface area contributed by atoms with Gasteiger partial charge in [-0.05, 0) is 31.9 Å². The highest BCUT2D eigenvalue weighted by atomic mass is 16.5. The van der Waals surface area contributed by atoms with Crippen LogP contribution in [0.15, 0.2) is 54.6 Å². The van der Waals surface area contributed by atoms with Gasteiger partial charge in [-0.3, -0.25) is 19.3 Å². The second-order valence-corrected chi connectivity index (χ2v) is 7.21. The van der Waals surface area contributed by atoms with Crippen molar-refractivity contribution < 1.29 is 23.9 Å². The van der Waals surface area contributed by atoms with Gasteiger partial charge in [0, 0.05) is 11.6 Å². The SMILES string of the molecule is C[C@@H](C(=O)O[C@@H](C(=O)NC1CC1)c1ccccc1)N1C(=O)c2ccccc2C1=O. The fraction of sp³-hybridized carbons (Fsp3) is 0.273. The minimum absolute atomic E-state index is 0.0982. The molecule has 2 atom stereocenters. The number of ether oxygens (including phenoxy) is 1. The zero-order valence-corrected chi connectivity index (χ0v) is 15.8. The molecule has 1 fully saturated rings. The number of benzene rings is 2. The molecule has 0 aromatic heterocycles. The van der Waals surface area contributed by atoms with Crippen LogP contribution in [0, 0.1) is 0 Å². The first-order valence-electron chi connectivity index (χ1n) is 9.50. The van der Waals surface area contributed by atoms with Crippen molar-refractivity contribution >= 4 is 23.7 Å². The number of carbonyl (C=O) groups excluding carboxylic acids is 4. The van der Waals surface area contributed by atoms with E-state index in [4.69, 9.17) is 4.74 Å². The van der Waals surface area contributed by atoms with E-state index in [0.717, 1.165) is 17.7 Å². The molecule has 7 heteroatoms. The van der Waals surface area contributed by atoms with Crippen LogP contribution in [-0.2, 0) is 14.3 Å². The predicted molar refractivity (Wildman–Crippen MR) is 103 cm³/mol. The number of amides is 3. The summed E-state index contributed by atoms with van der Waals surface area (Å²) in [4.78, 5) is 51.6. The molecule has 2 aliphatic rings. The summed E-state index contributed by atoms with van der Waals surface area (Å²) in [5.41, 5.74) is 1.03. The number of fused-ring (bicyclic) bond motifs is 1. The maximum absolute atomic E-state index is 12.8. The molecular weight excluding hydrogens is 372 g/mol. The first-order valence-corrected chi connectivity index (χ1v) is 9.50. The number of rotatable bonds is 6. The lowest BCUT2D eigenvalue weighted by atomic mass is 10.1. The average molecular weight is 392 g/mol. The topological polar surface area (TPSA) is 92.8 Å². The fourth-order valence-electron chi connectivity index (χ4n) is 3.28. The molecule has 2 aromatic carbocycles. The minimum atomic E-state index is -1.16. The lowest BCUT2D eigenvalue weighted by Gasteiger charge is -2.24. The Kier molecular flexibility index (Phi) is 4.88. The molecule has 1 N–H and O–H groups in total. The Morgan fingerprint density at radius 3 is 2.07 bits per heavy atom. The Morgan fingerprint density at radius 2 is 1.52 bits per heavy atom. The third-order valence-electron chi connectivity index (χ3n) is 5.05. The van der Waals surface area contributed by atoms with Gasteiger partial charge in [0.15, 0.2) is 0 Å². The third kappa shape index (κ3) is 3.63. The van der Waals surface area contributed by atoms with E-state index in [-0.39, 0.29) is 17.2 Å². The zero-order chi connectivity index (χ0) is 20.5. The minimum Gasteiger partial charge on any atom is -0.446 e. The van der Waals surface area contributed by atoms with Crippen molar-refractivity contribution in [3.05, 3.63) is 71.3 Å². The van der Waals surface area contributed by atoms with E-state index in [9.17, 15) is 19.2 Å². The molecule has 7 nitrogen and oxygen atoms in total. The van der Waals surface area contributed by atoms with Crippen LogP contribution in [0.4, 0.5) is 0 Å². The lowest BCUT2D eigenvalue weighted by molar-refractivity contribution is -0.159. The van der Waals surface area contributed by atoms with Crippen molar-refractivity contribution in [3.63, 3.8) is 0 Å². The number of imide groups is 1. The highest BCUT2D eigenvalue weighted by Gasteiger charge is 2.42. The number of nitrogens with zero attached hydrogens (tertiary/aromatic N) is 1. The monoisotopic (exact) mass is 392 g/mol. The summed E-state index contributed by atoms with van der Waals surface area (Å²) in [5.74, 6) is -2.33. The van der Waals surface area contributed by atoms with Gasteiger partial charge in [0.2, 0.25) is 6.10 Å². The fourth-order valence-corrected chi connectivity index (χ4v) is 3.28. The van der Waals surface area contributed by atoms with Crippen LogP contribution >= 0.6 is 0 Å². The molecule has 1 saturated carbocycles. The third-order valence-corrected chi connectivity index (χ3v) is 5.05. The number of hydrogen-bond donors (Lipinski definition) is 1. The largest absolute Gasteiger partial charge is 0.446 e. The molecule has 0 spiro atoms.